The molecule has 3 rings (SSSR count). The molecule has 2 heteroatoms. The molecule has 0 saturated heterocycles. The largest absolute Gasteiger partial charge is 0.411 e. The third kappa shape index (κ3) is 1.54. The van der Waals surface area contributed by atoms with Crippen molar-refractivity contribution in [1.29, 1.82) is 0 Å². The third-order valence-corrected chi connectivity index (χ3v) is 4.85. The lowest BCUT2D eigenvalue weighted by Gasteiger charge is -2.22. The molecule has 0 amide bonds. The summed E-state index contributed by atoms with van der Waals surface area (Å²) in [5.74, 6) is 0.199. The lowest BCUT2D eigenvalue weighted by atomic mass is 9.81. The molecule has 0 aromatic heterocycles. The molecule has 1 unspecified atom stereocenters. The van der Waals surface area contributed by atoms with Gasteiger partial charge in [-0.3, -0.25) is 0 Å². The van der Waals surface area contributed by atoms with Gasteiger partial charge in [0.25, 0.3) is 0 Å². The Balaban J connectivity index is 2.21. The first-order chi connectivity index (χ1) is 9.65. The summed E-state index contributed by atoms with van der Waals surface area (Å²) >= 11 is 0. The standard InChI is InChI=1S/C18H19NO/c1-17(2)16(13-19-20)18(17,14-9-5-3-6-10-14)15-11-7-4-8-12-15/h3-13,16,20H,1-2H3/b19-13+. The molecular formula is C18H19NO. The van der Waals surface area contributed by atoms with Crippen molar-refractivity contribution in [3.05, 3.63) is 71.8 Å². The monoisotopic (exact) mass is 265 g/mol. The molecule has 1 aliphatic carbocycles. The highest BCUT2D eigenvalue weighted by molar-refractivity contribution is 5.75. The molecule has 0 heterocycles. The van der Waals surface area contributed by atoms with E-state index >= 15 is 0 Å². The van der Waals surface area contributed by atoms with Crippen LogP contribution in [0, 0.1) is 11.3 Å². The average molecular weight is 265 g/mol. The Bertz CT molecular complexity index is 577. The van der Waals surface area contributed by atoms with Crippen LogP contribution < -0.4 is 0 Å². The maximum Gasteiger partial charge on any atom is 0.0485 e. The van der Waals surface area contributed by atoms with Crippen molar-refractivity contribution < 1.29 is 5.21 Å². The van der Waals surface area contributed by atoms with Gasteiger partial charge < -0.3 is 5.21 Å². The van der Waals surface area contributed by atoms with E-state index in [9.17, 15) is 0 Å². The summed E-state index contributed by atoms with van der Waals surface area (Å²) in [5, 5.41) is 12.3. The molecule has 1 saturated carbocycles. The molecule has 0 radical (unpaired) electrons. The zero-order valence-electron chi connectivity index (χ0n) is 11.8. The van der Waals surface area contributed by atoms with Gasteiger partial charge in [-0.25, -0.2) is 0 Å². The first kappa shape index (κ1) is 12.9. The van der Waals surface area contributed by atoms with Crippen LogP contribution in [0.5, 0.6) is 0 Å². The summed E-state index contributed by atoms with van der Waals surface area (Å²) in [5.41, 5.74) is 2.48. The van der Waals surface area contributed by atoms with E-state index < -0.39 is 0 Å². The van der Waals surface area contributed by atoms with E-state index in [1.165, 1.54) is 11.1 Å². The molecule has 2 nitrogen and oxygen atoms in total. The minimum atomic E-state index is -0.109. The zero-order chi connectivity index (χ0) is 14.2. The van der Waals surface area contributed by atoms with Crippen LogP contribution in [0.1, 0.15) is 25.0 Å². The summed E-state index contributed by atoms with van der Waals surface area (Å²) in [4.78, 5) is 0. The van der Waals surface area contributed by atoms with E-state index in [1.54, 1.807) is 6.21 Å². The van der Waals surface area contributed by atoms with Crippen LogP contribution in [0.15, 0.2) is 65.8 Å². The number of hydrogen-bond acceptors (Lipinski definition) is 2. The third-order valence-electron chi connectivity index (χ3n) is 4.85. The van der Waals surface area contributed by atoms with Crippen LogP contribution in [0.25, 0.3) is 0 Å². The molecule has 0 aliphatic heterocycles. The average Bonchev–Trinajstić information content (AvgIpc) is 2.98. The second kappa shape index (κ2) is 4.48. The van der Waals surface area contributed by atoms with E-state index in [2.05, 4.69) is 67.5 Å². The Morgan fingerprint density at radius 2 is 1.35 bits per heavy atom. The van der Waals surface area contributed by atoms with Crippen LogP contribution in [-0.4, -0.2) is 11.4 Å². The first-order valence-electron chi connectivity index (χ1n) is 6.94. The zero-order valence-corrected chi connectivity index (χ0v) is 11.8. The lowest BCUT2D eigenvalue weighted by molar-refractivity contribution is 0.319. The van der Waals surface area contributed by atoms with Crippen molar-refractivity contribution in [3.8, 4) is 0 Å². The highest BCUT2D eigenvalue weighted by atomic mass is 16.4. The van der Waals surface area contributed by atoms with Gasteiger partial charge in [-0.2, -0.15) is 0 Å². The summed E-state index contributed by atoms with van der Waals surface area (Å²) in [6, 6.07) is 21.0. The summed E-state index contributed by atoms with van der Waals surface area (Å²) in [7, 11) is 0. The highest BCUT2D eigenvalue weighted by Crippen LogP contribution is 2.71. The van der Waals surface area contributed by atoms with Crippen molar-refractivity contribution >= 4 is 6.21 Å². The van der Waals surface area contributed by atoms with Gasteiger partial charge in [0, 0.05) is 17.5 Å². The lowest BCUT2D eigenvalue weighted by Crippen LogP contribution is -2.17. The summed E-state index contributed by atoms with van der Waals surface area (Å²) < 4.78 is 0. The maximum atomic E-state index is 9.00. The summed E-state index contributed by atoms with van der Waals surface area (Å²) in [6.07, 6.45) is 1.68. The van der Waals surface area contributed by atoms with Crippen molar-refractivity contribution in [2.24, 2.45) is 16.5 Å². The maximum absolute atomic E-state index is 9.00. The van der Waals surface area contributed by atoms with Gasteiger partial charge in [0.1, 0.15) is 0 Å². The first-order valence-corrected chi connectivity index (χ1v) is 6.94. The van der Waals surface area contributed by atoms with E-state index in [0.29, 0.717) is 0 Å². The normalized spacial score (nSPS) is 22.8. The molecule has 2 aromatic rings. The van der Waals surface area contributed by atoms with Crippen molar-refractivity contribution in [3.63, 3.8) is 0 Å². The Hall–Kier alpha value is -2.09. The van der Waals surface area contributed by atoms with Gasteiger partial charge >= 0.3 is 0 Å². The Kier molecular flexibility index (Phi) is 2.89. The van der Waals surface area contributed by atoms with Gasteiger partial charge in [0.15, 0.2) is 0 Å². The number of nitrogens with zero attached hydrogens (tertiary/aromatic N) is 1. The minimum Gasteiger partial charge on any atom is -0.411 e. The fourth-order valence-electron chi connectivity index (χ4n) is 3.84. The topological polar surface area (TPSA) is 32.6 Å². The molecule has 2 aromatic carbocycles. The van der Waals surface area contributed by atoms with Gasteiger partial charge in [0.2, 0.25) is 0 Å². The molecule has 20 heavy (non-hydrogen) atoms. The van der Waals surface area contributed by atoms with Crippen LogP contribution in [0.2, 0.25) is 0 Å². The van der Waals surface area contributed by atoms with Gasteiger partial charge in [0.05, 0.1) is 0 Å². The minimum absolute atomic E-state index is 0.0297. The number of benzene rings is 2. The van der Waals surface area contributed by atoms with Gasteiger partial charge in [-0.05, 0) is 16.5 Å². The quantitative estimate of drug-likeness (QED) is 0.506. The second-order valence-electron chi connectivity index (χ2n) is 6.00. The smallest absolute Gasteiger partial charge is 0.0485 e. The Labute approximate surface area is 119 Å². The number of oxime groups is 1. The number of hydrogen-bond donors (Lipinski definition) is 1. The fourth-order valence-corrected chi connectivity index (χ4v) is 3.84. The van der Waals surface area contributed by atoms with Gasteiger partial charge in [-0.1, -0.05) is 74.5 Å². The van der Waals surface area contributed by atoms with E-state index in [-0.39, 0.29) is 16.7 Å². The van der Waals surface area contributed by atoms with Crippen molar-refractivity contribution in [1.82, 2.24) is 0 Å². The number of rotatable bonds is 3. The molecule has 102 valence electrons. The molecule has 1 atom stereocenters. The molecule has 0 spiro atoms. The van der Waals surface area contributed by atoms with Gasteiger partial charge in [-0.15, -0.1) is 5.16 Å². The fraction of sp³-hybridized carbons (Fsp3) is 0.278. The Morgan fingerprint density at radius 1 is 0.900 bits per heavy atom. The van der Waals surface area contributed by atoms with Crippen LogP contribution >= 0.6 is 0 Å². The molecular weight excluding hydrogens is 246 g/mol. The summed E-state index contributed by atoms with van der Waals surface area (Å²) in [6.45, 7) is 4.47. The predicted molar refractivity (Wildman–Crippen MR) is 81.2 cm³/mol. The van der Waals surface area contributed by atoms with E-state index in [0.717, 1.165) is 0 Å². The molecule has 1 N–H and O–H groups in total. The molecule has 1 fully saturated rings. The highest BCUT2D eigenvalue weighted by Gasteiger charge is 2.71. The van der Waals surface area contributed by atoms with Crippen molar-refractivity contribution in [2.75, 3.05) is 0 Å². The van der Waals surface area contributed by atoms with Crippen LogP contribution in [0.3, 0.4) is 0 Å². The van der Waals surface area contributed by atoms with Crippen LogP contribution in [0.4, 0.5) is 0 Å². The SMILES string of the molecule is CC1(C)C(/C=N/O)C1(c1ccccc1)c1ccccc1. The molecule has 1 aliphatic rings. The van der Waals surface area contributed by atoms with Crippen LogP contribution in [-0.2, 0) is 5.41 Å². The van der Waals surface area contributed by atoms with E-state index in [4.69, 9.17) is 5.21 Å². The predicted octanol–water partition coefficient (Wildman–Crippen LogP) is 4.09. The Morgan fingerprint density at radius 3 is 1.75 bits per heavy atom. The second-order valence-corrected chi connectivity index (χ2v) is 6.00. The van der Waals surface area contributed by atoms with E-state index in [1.807, 2.05) is 12.1 Å². The van der Waals surface area contributed by atoms with Crippen molar-refractivity contribution in [2.45, 2.75) is 19.3 Å². The molecule has 0 bridgehead atoms.